The fourth-order valence-electron chi connectivity index (χ4n) is 1.21. The molecule has 0 saturated heterocycles. The van der Waals surface area contributed by atoms with E-state index in [2.05, 4.69) is 21.2 Å². The largest absolute Gasteiger partial charge is 0.351 e. The van der Waals surface area contributed by atoms with E-state index in [4.69, 9.17) is 5.26 Å². The molecule has 1 aromatic rings. The fraction of sp³-hybridized carbons (Fsp3) is 0.273. The van der Waals surface area contributed by atoms with Crippen LogP contribution >= 0.6 is 15.9 Å². The van der Waals surface area contributed by atoms with Gasteiger partial charge in [0.05, 0.1) is 12.5 Å². The lowest BCUT2D eigenvalue weighted by molar-refractivity contribution is 0.0954. The molecule has 0 aliphatic carbocycles. The first kappa shape index (κ1) is 11.7. The Morgan fingerprint density at radius 1 is 1.60 bits per heavy atom. The van der Waals surface area contributed by atoms with Gasteiger partial charge in [-0.2, -0.15) is 5.26 Å². The molecule has 0 radical (unpaired) electrons. The summed E-state index contributed by atoms with van der Waals surface area (Å²) >= 11 is 3.33. The molecular formula is C11H11BrN2O. The van der Waals surface area contributed by atoms with Crippen molar-refractivity contribution in [1.29, 1.82) is 5.26 Å². The van der Waals surface area contributed by atoms with Crippen molar-refractivity contribution in [3.8, 4) is 6.07 Å². The summed E-state index contributed by atoms with van der Waals surface area (Å²) in [5.74, 6) is -0.129. The van der Waals surface area contributed by atoms with Crippen LogP contribution < -0.4 is 5.32 Å². The molecule has 1 amide bonds. The Hall–Kier alpha value is -1.34. The van der Waals surface area contributed by atoms with Crippen LogP contribution in [0.2, 0.25) is 0 Å². The number of benzene rings is 1. The zero-order chi connectivity index (χ0) is 11.3. The Morgan fingerprint density at radius 2 is 2.33 bits per heavy atom. The fourth-order valence-corrected chi connectivity index (χ4v) is 1.68. The van der Waals surface area contributed by atoms with Crippen LogP contribution in [0.25, 0.3) is 0 Å². The minimum absolute atomic E-state index is 0.129. The van der Waals surface area contributed by atoms with E-state index < -0.39 is 0 Å². The third-order valence-corrected chi connectivity index (χ3v) is 2.45. The third-order valence-electron chi connectivity index (χ3n) is 1.96. The second-order valence-electron chi connectivity index (χ2n) is 3.12. The summed E-state index contributed by atoms with van der Waals surface area (Å²) < 4.78 is 0.952. The SMILES string of the molecule is Cc1cc(Br)ccc1C(=O)NCCC#N. The second kappa shape index (κ2) is 5.52. The minimum atomic E-state index is -0.129. The highest BCUT2D eigenvalue weighted by Crippen LogP contribution is 2.15. The van der Waals surface area contributed by atoms with Gasteiger partial charge < -0.3 is 5.32 Å². The van der Waals surface area contributed by atoms with Gasteiger partial charge >= 0.3 is 0 Å². The van der Waals surface area contributed by atoms with Gasteiger partial charge in [0.2, 0.25) is 0 Å². The number of nitrogens with one attached hydrogen (secondary N) is 1. The van der Waals surface area contributed by atoms with E-state index >= 15 is 0 Å². The standard InChI is InChI=1S/C11H11BrN2O/c1-8-7-9(12)3-4-10(8)11(15)14-6-2-5-13/h3-4,7H,2,6H2,1H3,(H,14,15). The summed E-state index contributed by atoms with van der Waals surface area (Å²) in [6.45, 7) is 2.27. The highest BCUT2D eigenvalue weighted by Gasteiger charge is 2.07. The first-order valence-electron chi connectivity index (χ1n) is 4.56. The van der Waals surface area contributed by atoms with Crippen LogP contribution in [0.3, 0.4) is 0 Å². The van der Waals surface area contributed by atoms with Gasteiger partial charge in [-0.25, -0.2) is 0 Å². The summed E-state index contributed by atoms with van der Waals surface area (Å²) in [4.78, 5) is 11.6. The summed E-state index contributed by atoms with van der Waals surface area (Å²) in [5.41, 5.74) is 1.56. The molecule has 0 aliphatic rings. The van der Waals surface area contributed by atoms with Crippen LogP contribution in [-0.2, 0) is 0 Å². The molecule has 0 fully saturated rings. The number of amides is 1. The molecular weight excluding hydrogens is 256 g/mol. The molecule has 0 saturated carbocycles. The molecule has 0 aromatic heterocycles. The van der Waals surface area contributed by atoms with Crippen molar-refractivity contribution in [2.75, 3.05) is 6.54 Å². The van der Waals surface area contributed by atoms with E-state index in [0.717, 1.165) is 10.0 Å². The molecule has 1 aromatic carbocycles. The first-order valence-corrected chi connectivity index (χ1v) is 5.35. The maximum absolute atomic E-state index is 11.6. The van der Waals surface area contributed by atoms with Crippen LogP contribution in [0.15, 0.2) is 22.7 Å². The van der Waals surface area contributed by atoms with Crippen molar-refractivity contribution in [2.45, 2.75) is 13.3 Å². The van der Waals surface area contributed by atoms with Gasteiger partial charge in [-0.15, -0.1) is 0 Å². The molecule has 4 heteroatoms. The van der Waals surface area contributed by atoms with Gasteiger partial charge in [-0.05, 0) is 30.7 Å². The van der Waals surface area contributed by atoms with Gasteiger partial charge in [-0.1, -0.05) is 15.9 Å². The maximum atomic E-state index is 11.6. The first-order chi connectivity index (χ1) is 7.15. The van der Waals surface area contributed by atoms with E-state index in [1.165, 1.54) is 0 Å². The number of aryl methyl sites for hydroxylation is 1. The number of hydrogen-bond donors (Lipinski definition) is 1. The van der Waals surface area contributed by atoms with Crippen LogP contribution in [0.5, 0.6) is 0 Å². The van der Waals surface area contributed by atoms with E-state index in [-0.39, 0.29) is 5.91 Å². The highest BCUT2D eigenvalue weighted by molar-refractivity contribution is 9.10. The topological polar surface area (TPSA) is 52.9 Å². The number of rotatable bonds is 3. The zero-order valence-corrected chi connectivity index (χ0v) is 9.97. The maximum Gasteiger partial charge on any atom is 0.251 e. The number of halogens is 1. The number of nitriles is 1. The minimum Gasteiger partial charge on any atom is -0.351 e. The van der Waals surface area contributed by atoms with Gasteiger partial charge in [0.1, 0.15) is 0 Å². The molecule has 3 nitrogen and oxygen atoms in total. The van der Waals surface area contributed by atoms with Crippen molar-refractivity contribution >= 4 is 21.8 Å². The number of carbonyl (C=O) groups is 1. The van der Waals surface area contributed by atoms with E-state index in [1.807, 2.05) is 25.1 Å². The van der Waals surface area contributed by atoms with Crippen molar-refractivity contribution in [1.82, 2.24) is 5.32 Å². The monoisotopic (exact) mass is 266 g/mol. The molecule has 0 spiro atoms. The van der Waals surface area contributed by atoms with Crippen LogP contribution in [0.1, 0.15) is 22.3 Å². The molecule has 0 unspecified atom stereocenters. The lowest BCUT2D eigenvalue weighted by Crippen LogP contribution is -2.24. The number of hydrogen-bond acceptors (Lipinski definition) is 2. The highest BCUT2D eigenvalue weighted by atomic mass is 79.9. The molecule has 0 atom stereocenters. The smallest absolute Gasteiger partial charge is 0.251 e. The average Bonchev–Trinajstić information content (AvgIpc) is 2.17. The number of nitrogens with zero attached hydrogens (tertiary/aromatic N) is 1. The number of carbonyl (C=O) groups excluding carboxylic acids is 1. The Bertz CT molecular complexity index is 410. The second-order valence-corrected chi connectivity index (χ2v) is 4.04. The zero-order valence-electron chi connectivity index (χ0n) is 8.38. The summed E-state index contributed by atoms with van der Waals surface area (Å²) in [6.07, 6.45) is 0.335. The van der Waals surface area contributed by atoms with Crippen molar-refractivity contribution < 1.29 is 4.79 Å². The van der Waals surface area contributed by atoms with Gasteiger partial charge in [-0.3, -0.25) is 4.79 Å². The van der Waals surface area contributed by atoms with Crippen LogP contribution in [0.4, 0.5) is 0 Å². The summed E-state index contributed by atoms with van der Waals surface area (Å²) in [6, 6.07) is 7.45. The Morgan fingerprint density at radius 3 is 2.93 bits per heavy atom. The summed E-state index contributed by atoms with van der Waals surface area (Å²) in [5, 5.41) is 11.0. The Kier molecular flexibility index (Phi) is 4.32. The predicted molar refractivity (Wildman–Crippen MR) is 61.4 cm³/mol. The molecule has 1 N–H and O–H groups in total. The van der Waals surface area contributed by atoms with Crippen molar-refractivity contribution in [3.05, 3.63) is 33.8 Å². The molecule has 0 bridgehead atoms. The molecule has 78 valence electrons. The van der Waals surface area contributed by atoms with Crippen LogP contribution in [0, 0.1) is 18.3 Å². The Labute approximate surface area is 97.2 Å². The molecule has 0 aliphatic heterocycles. The Balaban J connectivity index is 2.70. The van der Waals surface area contributed by atoms with Gasteiger partial charge in [0, 0.05) is 16.6 Å². The lowest BCUT2D eigenvalue weighted by Gasteiger charge is -2.06. The van der Waals surface area contributed by atoms with E-state index in [9.17, 15) is 4.79 Å². The van der Waals surface area contributed by atoms with Gasteiger partial charge in [0.25, 0.3) is 5.91 Å². The summed E-state index contributed by atoms with van der Waals surface area (Å²) in [7, 11) is 0. The van der Waals surface area contributed by atoms with Crippen molar-refractivity contribution in [3.63, 3.8) is 0 Å². The predicted octanol–water partition coefficient (Wildman–Crippen LogP) is 2.40. The lowest BCUT2D eigenvalue weighted by atomic mass is 10.1. The molecule has 1 rings (SSSR count). The van der Waals surface area contributed by atoms with Crippen LogP contribution in [-0.4, -0.2) is 12.5 Å². The quantitative estimate of drug-likeness (QED) is 0.855. The molecule has 15 heavy (non-hydrogen) atoms. The average molecular weight is 267 g/mol. The normalized spacial score (nSPS) is 9.40. The molecule has 0 heterocycles. The van der Waals surface area contributed by atoms with E-state index in [1.54, 1.807) is 6.07 Å². The van der Waals surface area contributed by atoms with Gasteiger partial charge in [0.15, 0.2) is 0 Å². The van der Waals surface area contributed by atoms with E-state index in [0.29, 0.717) is 18.5 Å². The van der Waals surface area contributed by atoms with Crippen molar-refractivity contribution in [2.24, 2.45) is 0 Å². The third kappa shape index (κ3) is 3.37.